The molecule has 1 amide bonds. The molecule has 0 radical (unpaired) electrons. The molecule has 2 aromatic rings. The lowest BCUT2D eigenvalue weighted by molar-refractivity contribution is 0.0728. The van der Waals surface area contributed by atoms with Crippen LogP contribution in [0.3, 0.4) is 0 Å². The molecule has 3 rings (SSSR count). The highest BCUT2D eigenvalue weighted by Crippen LogP contribution is 2.21. The highest BCUT2D eigenvalue weighted by Gasteiger charge is 2.23. The average Bonchev–Trinajstić information content (AvgIpc) is 2.47. The number of hydrogen-bond donors (Lipinski definition) is 0. The number of amides is 1. The number of fused-ring (bicyclic) bond motifs is 1. The molecule has 1 aromatic heterocycles. The van der Waals surface area contributed by atoms with E-state index in [1.165, 1.54) is 0 Å². The summed E-state index contributed by atoms with van der Waals surface area (Å²) in [4.78, 5) is 18.8. The zero-order valence-electron chi connectivity index (χ0n) is 10.6. The van der Waals surface area contributed by atoms with Gasteiger partial charge in [-0.1, -0.05) is 12.1 Å². The van der Waals surface area contributed by atoms with E-state index < -0.39 is 0 Å². The van der Waals surface area contributed by atoms with Gasteiger partial charge in [-0.25, -0.2) is 0 Å². The maximum atomic E-state index is 12.6. The fourth-order valence-electron chi connectivity index (χ4n) is 2.51. The highest BCUT2D eigenvalue weighted by molar-refractivity contribution is 6.20. The lowest BCUT2D eigenvalue weighted by atomic mass is 10.0. The van der Waals surface area contributed by atoms with E-state index in [2.05, 4.69) is 4.98 Å². The van der Waals surface area contributed by atoms with Crippen LogP contribution < -0.4 is 0 Å². The summed E-state index contributed by atoms with van der Waals surface area (Å²) in [5.74, 6) is 0.0853. The number of hydrogen-bond acceptors (Lipinski definition) is 2. The van der Waals surface area contributed by atoms with Crippen LogP contribution in [0.5, 0.6) is 0 Å². The minimum atomic E-state index is 0.0853. The van der Waals surface area contributed by atoms with Crippen LogP contribution in [-0.2, 0) is 0 Å². The largest absolute Gasteiger partial charge is 0.339 e. The number of halogens is 1. The van der Waals surface area contributed by atoms with Crippen molar-refractivity contribution < 1.29 is 4.79 Å². The summed E-state index contributed by atoms with van der Waals surface area (Å²) in [6.07, 6.45) is 3.49. The molecule has 0 spiro atoms. The minimum absolute atomic E-state index is 0.0853. The van der Waals surface area contributed by atoms with E-state index in [4.69, 9.17) is 11.6 Å². The maximum Gasteiger partial charge on any atom is 0.254 e. The third kappa shape index (κ3) is 2.43. The van der Waals surface area contributed by atoms with Gasteiger partial charge < -0.3 is 4.90 Å². The summed E-state index contributed by atoms with van der Waals surface area (Å²) < 4.78 is 0. The normalized spacial score (nSPS) is 16.8. The van der Waals surface area contributed by atoms with Gasteiger partial charge in [-0.3, -0.25) is 9.78 Å². The zero-order chi connectivity index (χ0) is 13.2. The van der Waals surface area contributed by atoms with E-state index in [1.807, 2.05) is 35.2 Å². The van der Waals surface area contributed by atoms with Crippen LogP contribution in [0.1, 0.15) is 23.2 Å². The number of benzene rings is 1. The molecular formula is C15H15ClN2O. The Morgan fingerprint density at radius 3 is 2.79 bits per heavy atom. The van der Waals surface area contributed by atoms with Gasteiger partial charge in [0.1, 0.15) is 0 Å². The SMILES string of the molecule is O=C(c1cccc2ncccc12)N1CCC(Cl)CC1. The third-order valence-corrected chi connectivity index (χ3v) is 4.02. The number of rotatable bonds is 1. The van der Waals surface area contributed by atoms with Crippen LogP contribution in [0.25, 0.3) is 10.9 Å². The smallest absolute Gasteiger partial charge is 0.254 e. The number of alkyl halides is 1. The number of aromatic nitrogens is 1. The molecule has 3 nitrogen and oxygen atoms in total. The summed E-state index contributed by atoms with van der Waals surface area (Å²) in [5.41, 5.74) is 1.60. The first kappa shape index (κ1) is 12.4. The predicted molar refractivity (Wildman–Crippen MR) is 76.5 cm³/mol. The van der Waals surface area contributed by atoms with Crippen LogP contribution in [0.15, 0.2) is 36.5 Å². The van der Waals surface area contributed by atoms with Gasteiger partial charge in [0.05, 0.1) is 5.52 Å². The quantitative estimate of drug-likeness (QED) is 0.749. The van der Waals surface area contributed by atoms with Crippen molar-refractivity contribution in [1.82, 2.24) is 9.88 Å². The summed E-state index contributed by atoms with van der Waals surface area (Å²) in [6, 6.07) is 9.50. The molecule has 2 heterocycles. The van der Waals surface area contributed by atoms with Crippen LogP contribution in [-0.4, -0.2) is 34.3 Å². The van der Waals surface area contributed by atoms with Crippen LogP contribution in [0.2, 0.25) is 0 Å². The Bertz CT molecular complexity index is 601. The second-order valence-corrected chi connectivity index (χ2v) is 5.46. The summed E-state index contributed by atoms with van der Waals surface area (Å²) in [7, 11) is 0. The molecule has 4 heteroatoms. The number of pyridine rings is 1. The third-order valence-electron chi connectivity index (χ3n) is 3.59. The summed E-state index contributed by atoms with van der Waals surface area (Å²) in [5, 5.41) is 1.13. The molecule has 19 heavy (non-hydrogen) atoms. The monoisotopic (exact) mass is 274 g/mol. The van der Waals surface area contributed by atoms with Crippen LogP contribution in [0.4, 0.5) is 0 Å². The van der Waals surface area contributed by atoms with Crippen molar-refractivity contribution in [3.8, 4) is 0 Å². The lowest BCUT2D eigenvalue weighted by Gasteiger charge is -2.29. The van der Waals surface area contributed by atoms with Gasteiger partial charge in [-0.2, -0.15) is 0 Å². The molecule has 0 bridgehead atoms. The predicted octanol–water partition coefficient (Wildman–Crippen LogP) is 3.08. The highest BCUT2D eigenvalue weighted by atomic mass is 35.5. The Morgan fingerprint density at radius 2 is 2.00 bits per heavy atom. The first-order valence-corrected chi connectivity index (χ1v) is 6.96. The molecule has 1 fully saturated rings. The summed E-state index contributed by atoms with van der Waals surface area (Å²) >= 11 is 6.08. The van der Waals surface area contributed by atoms with E-state index in [9.17, 15) is 4.79 Å². The minimum Gasteiger partial charge on any atom is -0.339 e. The molecule has 98 valence electrons. The van der Waals surface area contributed by atoms with Crippen molar-refractivity contribution in [2.45, 2.75) is 18.2 Å². The van der Waals surface area contributed by atoms with Crippen molar-refractivity contribution in [3.63, 3.8) is 0 Å². The second-order valence-electron chi connectivity index (χ2n) is 4.84. The Morgan fingerprint density at radius 1 is 1.21 bits per heavy atom. The molecule has 0 N–H and O–H groups in total. The Hall–Kier alpha value is -1.61. The van der Waals surface area contributed by atoms with Gasteiger partial charge in [0, 0.05) is 35.6 Å². The van der Waals surface area contributed by atoms with E-state index >= 15 is 0 Å². The molecule has 1 aliphatic heterocycles. The number of carbonyl (C=O) groups is 1. The van der Waals surface area contributed by atoms with E-state index in [-0.39, 0.29) is 11.3 Å². The fraction of sp³-hybridized carbons (Fsp3) is 0.333. The number of likely N-dealkylation sites (tertiary alicyclic amines) is 1. The first-order chi connectivity index (χ1) is 9.25. The number of nitrogens with zero attached hydrogens (tertiary/aromatic N) is 2. The number of carbonyl (C=O) groups excluding carboxylic acids is 1. The molecule has 1 aliphatic rings. The lowest BCUT2D eigenvalue weighted by Crippen LogP contribution is -2.38. The zero-order valence-corrected chi connectivity index (χ0v) is 11.3. The first-order valence-electron chi connectivity index (χ1n) is 6.53. The van der Waals surface area contributed by atoms with Gasteiger partial charge in [-0.15, -0.1) is 11.6 Å². The standard InChI is InChI=1S/C15H15ClN2O/c16-11-6-9-18(10-7-11)15(19)13-3-1-5-14-12(13)4-2-8-17-14/h1-5,8,11H,6-7,9-10H2. The van der Waals surface area contributed by atoms with Gasteiger partial charge in [0.15, 0.2) is 0 Å². The molecule has 0 aliphatic carbocycles. The van der Waals surface area contributed by atoms with E-state index in [0.29, 0.717) is 0 Å². The van der Waals surface area contributed by atoms with Crippen molar-refractivity contribution in [2.75, 3.05) is 13.1 Å². The number of piperidine rings is 1. The van der Waals surface area contributed by atoms with Gasteiger partial charge in [0.2, 0.25) is 0 Å². The average molecular weight is 275 g/mol. The van der Waals surface area contributed by atoms with Crippen LogP contribution >= 0.6 is 11.6 Å². The Labute approximate surface area is 117 Å². The van der Waals surface area contributed by atoms with Gasteiger partial charge >= 0.3 is 0 Å². The maximum absolute atomic E-state index is 12.6. The second kappa shape index (κ2) is 5.17. The van der Waals surface area contributed by atoms with Crippen LogP contribution in [0, 0.1) is 0 Å². The molecule has 0 atom stereocenters. The summed E-state index contributed by atoms with van der Waals surface area (Å²) in [6.45, 7) is 1.48. The van der Waals surface area contributed by atoms with E-state index in [1.54, 1.807) is 6.20 Å². The molecular weight excluding hydrogens is 260 g/mol. The van der Waals surface area contributed by atoms with Crippen molar-refractivity contribution in [1.29, 1.82) is 0 Å². The van der Waals surface area contributed by atoms with E-state index in [0.717, 1.165) is 42.4 Å². The van der Waals surface area contributed by atoms with Crippen molar-refractivity contribution in [3.05, 3.63) is 42.1 Å². The molecule has 1 saturated heterocycles. The topological polar surface area (TPSA) is 33.2 Å². The van der Waals surface area contributed by atoms with Gasteiger partial charge in [0.25, 0.3) is 5.91 Å². The Kier molecular flexibility index (Phi) is 3.38. The molecule has 0 unspecified atom stereocenters. The molecule has 1 aromatic carbocycles. The fourth-order valence-corrected chi connectivity index (χ4v) is 2.71. The van der Waals surface area contributed by atoms with Crippen molar-refractivity contribution >= 4 is 28.4 Å². The van der Waals surface area contributed by atoms with Gasteiger partial charge in [-0.05, 0) is 31.0 Å². The Balaban J connectivity index is 1.93. The van der Waals surface area contributed by atoms with Crippen molar-refractivity contribution in [2.24, 2.45) is 0 Å². The molecule has 0 saturated carbocycles.